The number of ether oxygens (including phenoxy) is 1. The van der Waals surface area contributed by atoms with Crippen LogP contribution < -0.4 is 4.74 Å². The van der Waals surface area contributed by atoms with E-state index in [0.717, 1.165) is 22.4 Å². The minimum atomic E-state index is -1.07. The van der Waals surface area contributed by atoms with Gasteiger partial charge < -0.3 is 9.84 Å². The zero-order chi connectivity index (χ0) is 21.8. The Morgan fingerprint density at radius 1 is 1.17 bits per heavy atom. The lowest BCUT2D eigenvalue weighted by Gasteiger charge is -2.24. The van der Waals surface area contributed by atoms with Crippen molar-refractivity contribution in [2.45, 2.75) is 20.3 Å². The molecule has 0 fully saturated rings. The molecule has 6 nitrogen and oxygen atoms in total. The van der Waals surface area contributed by atoms with Crippen LogP contribution in [0.4, 0.5) is 0 Å². The van der Waals surface area contributed by atoms with Gasteiger partial charge >= 0.3 is 5.97 Å². The normalized spacial score (nSPS) is 14.0. The number of hydrogen-bond acceptors (Lipinski definition) is 4. The number of aromatic carboxylic acids is 1. The Bertz CT molecular complexity index is 1080. The number of hydrogen-bond donors (Lipinski definition) is 1. The van der Waals surface area contributed by atoms with Crippen molar-refractivity contribution >= 4 is 29.4 Å². The third kappa shape index (κ3) is 4.33. The van der Waals surface area contributed by atoms with Crippen molar-refractivity contribution in [1.82, 2.24) is 4.90 Å². The van der Waals surface area contributed by atoms with E-state index in [9.17, 15) is 19.5 Å². The maximum atomic E-state index is 12.9. The van der Waals surface area contributed by atoms with Gasteiger partial charge in [0, 0.05) is 18.2 Å². The van der Waals surface area contributed by atoms with E-state index in [-0.39, 0.29) is 12.1 Å². The molecule has 0 saturated carbocycles. The molecule has 0 unspecified atom stereocenters. The zero-order valence-corrected chi connectivity index (χ0v) is 17.1. The number of rotatable bonds is 5. The molecule has 3 rings (SSSR count). The number of carboxylic acid groups (broad SMARTS) is 1. The number of aryl methyl sites for hydroxylation is 1. The fourth-order valence-corrected chi connectivity index (χ4v) is 3.36. The summed E-state index contributed by atoms with van der Waals surface area (Å²) in [5.41, 5.74) is 3.79. The van der Waals surface area contributed by atoms with E-state index in [0.29, 0.717) is 17.6 Å². The second-order valence-electron chi connectivity index (χ2n) is 7.09. The highest BCUT2D eigenvalue weighted by molar-refractivity contribution is 6.25. The van der Waals surface area contributed by atoms with Crippen molar-refractivity contribution in [2.24, 2.45) is 0 Å². The number of carbonyl (C=O) groups excluding carboxylic acids is 2. The monoisotopic (exact) mass is 405 g/mol. The first-order valence-electron chi connectivity index (χ1n) is 9.55. The van der Waals surface area contributed by atoms with Crippen molar-refractivity contribution in [3.05, 3.63) is 76.4 Å². The Morgan fingerprint density at radius 3 is 2.63 bits per heavy atom. The zero-order valence-electron chi connectivity index (χ0n) is 17.1. The molecule has 1 aliphatic rings. The molecule has 0 aliphatic carbocycles. The fourth-order valence-electron chi connectivity index (χ4n) is 3.36. The van der Waals surface area contributed by atoms with Gasteiger partial charge in [-0.25, -0.2) is 4.79 Å². The number of imide groups is 1. The molecule has 30 heavy (non-hydrogen) atoms. The highest BCUT2D eigenvalue weighted by atomic mass is 16.5. The van der Waals surface area contributed by atoms with Crippen LogP contribution in [0.25, 0.3) is 11.6 Å². The van der Waals surface area contributed by atoms with Gasteiger partial charge in [0.15, 0.2) is 0 Å². The summed E-state index contributed by atoms with van der Waals surface area (Å²) in [6.07, 6.45) is 5.28. The van der Waals surface area contributed by atoms with Crippen LogP contribution in [-0.4, -0.2) is 41.4 Å². The summed E-state index contributed by atoms with van der Waals surface area (Å²) in [6.45, 7) is 4.21. The maximum Gasteiger partial charge on any atom is 0.335 e. The van der Waals surface area contributed by atoms with E-state index in [4.69, 9.17) is 4.74 Å². The van der Waals surface area contributed by atoms with Gasteiger partial charge in [0.2, 0.25) is 0 Å². The summed E-state index contributed by atoms with van der Waals surface area (Å²) < 4.78 is 5.36. The molecule has 0 aromatic heterocycles. The van der Waals surface area contributed by atoms with Crippen molar-refractivity contribution in [3.8, 4) is 5.75 Å². The molecule has 0 spiro atoms. The summed E-state index contributed by atoms with van der Waals surface area (Å²) in [7, 11) is 1.60. The Hall–Kier alpha value is -3.67. The first-order chi connectivity index (χ1) is 14.3. The number of carbonyl (C=O) groups is 3. The Kier molecular flexibility index (Phi) is 6.16. The van der Waals surface area contributed by atoms with Gasteiger partial charge in [0.25, 0.3) is 11.8 Å². The minimum absolute atomic E-state index is 0.0910. The van der Waals surface area contributed by atoms with Crippen molar-refractivity contribution in [2.75, 3.05) is 13.7 Å². The molecule has 0 radical (unpaired) electrons. The van der Waals surface area contributed by atoms with Crippen LogP contribution in [0.1, 0.15) is 39.0 Å². The number of methoxy groups -OCH3 is 1. The fraction of sp³-hybridized carbons (Fsp3) is 0.208. The average Bonchev–Trinajstić information content (AvgIpc) is 2.74. The van der Waals surface area contributed by atoms with Crippen LogP contribution in [0, 0.1) is 13.8 Å². The molecule has 0 saturated heterocycles. The van der Waals surface area contributed by atoms with E-state index in [1.807, 2.05) is 26.0 Å². The smallest absolute Gasteiger partial charge is 0.335 e. The molecular weight excluding hydrogens is 382 g/mol. The molecular formula is C24H23NO5. The standard InChI is InChI=1S/C24H23NO5/c1-15-12-17(13-21(30-3)16(15)2)9-10-22(26)25-11-5-8-20(23(25)27)18-6-4-7-19(14-18)24(28)29/h4,6-10,12-14H,5,11H2,1-3H3,(H,28,29)/b10-9+. The largest absolute Gasteiger partial charge is 0.496 e. The van der Waals surface area contributed by atoms with Gasteiger partial charge in [0.1, 0.15) is 5.75 Å². The predicted octanol–water partition coefficient (Wildman–Crippen LogP) is 3.87. The Morgan fingerprint density at radius 2 is 1.93 bits per heavy atom. The predicted molar refractivity (Wildman–Crippen MR) is 114 cm³/mol. The van der Waals surface area contributed by atoms with Crippen LogP contribution in [0.15, 0.2) is 48.6 Å². The molecule has 0 bridgehead atoms. The van der Waals surface area contributed by atoms with Gasteiger partial charge in [0.05, 0.1) is 12.7 Å². The van der Waals surface area contributed by atoms with E-state index in [1.54, 1.807) is 31.4 Å². The SMILES string of the molecule is COc1cc(/C=C/C(=O)N2CCC=C(c3cccc(C(=O)O)c3)C2=O)cc(C)c1C. The summed E-state index contributed by atoms with van der Waals surface area (Å²) in [5.74, 6) is -1.19. The van der Waals surface area contributed by atoms with Gasteiger partial charge in [-0.1, -0.05) is 24.3 Å². The molecule has 2 amide bonds. The summed E-state index contributed by atoms with van der Waals surface area (Å²) in [5, 5.41) is 9.18. The average molecular weight is 405 g/mol. The summed E-state index contributed by atoms with van der Waals surface area (Å²) in [4.78, 5) is 38.0. The van der Waals surface area contributed by atoms with Gasteiger partial charge in [-0.05, 0) is 66.8 Å². The quantitative estimate of drug-likeness (QED) is 0.764. The van der Waals surface area contributed by atoms with Gasteiger partial charge in [-0.2, -0.15) is 0 Å². The number of benzene rings is 2. The first kappa shape index (κ1) is 21.0. The van der Waals surface area contributed by atoms with Gasteiger partial charge in [-0.3, -0.25) is 14.5 Å². The van der Waals surface area contributed by atoms with E-state index in [1.165, 1.54) is 23.1 Å². The van der Waals surface area contributed by atoms with E-state index in [2.05, 4.69) is 0 Å². The molecule has 2 aromatic carbocycles. The topological polar surface area (TPSA) is 83.9 Å². The first-order valence-corrected chi connectivity index (χ1v) is 9.55. The lowest BCUT2D eigenvalue weighted by molar-refractivity contribution is -0.138. The van der Waals surface area contributed by atoms with Gasteiger partial charge in [-0.15, -0.1) is 0 Å². The maximum absolute atomic E-state index is 12.9. The van der Waals surface area contributed by atoms with Crippen LogP contribution in [-0.2, 0) is 9.59 Å². The van der Waals surface area contributed by atoms with Crippen molar-refractivity contribution < 1.29 is 24.2 Å². The third-order valence-electron chi connectivity index (χ3n) is 5.14. The van der Waals surface area contributed by atoms with Crippen LogP contribution >= 0.6 is 0 Å². The summed E-state index contributed by atoms with van der Waals surface area (Å²) in [6, 6.07) is 9.94. The van der Waals surface area contributed by atoms with Crippen LogP contribution in [0.2, 0.25) is 0 Å². The molecule has 1 heterocycles. The number of nitrogens with zero attached hydrogens (tertiary/aromatic N) is 1. The summed E-state index contributed by atoms with van der Waals surface area (Å²) >= 11 is 0. The molecule has 154 valence electrons. The number of carboxylic acids is 1. The molecule has 2 aromatic rings. The van der Waals surface area contributed by atoms with E-state index >= 15 is 0 Å². The molecule has 1 aliphatic heterocycles. The highest BCUT2D eigenvalue weighted by Crippen LogP contribution is 2.25. The Balaban J connectivity index is 1.81. The molecule has 1 N–H and O–H groups in total. The second kappa shape index (κ2) is 8.78. The second-order valence-corrected chi connectivity index (χ2v) is 7.09. The van der Waals surface area contributed by atoms with Crippen LogP contribution in [0.3, 0.4) is 0 Å². The lowest BCUT2D eigenvalue weighted by atomic mass is 9.98. The Labute approximate surface area is 175 Å². The molecule has 6 heteroatoms. The molecule has 0 atom stereocenters. The van der Waals surface area contributed by atoms with Crippen molar-refractivity contribution in [1.29, 1.82) is 0 Å². The van der Waals surface area contributed by atoms with E-state index < -0.39 is 17.8 Å². The lowest BCUT2D eigenvalue weighted by Crippen LogP contribution is -2.39. The van der Waals surface area contributed by atoms with Crippen molar-refractivity contribution in [3.63, 3.8) is 0 Å². The minimum Gasteiger partial charge on any atom is -0.496 e. The third-order valence-corrected chi connectivity index (χ3v) is 5.14. The van der Waals surface area contributed by atoms with Crippen LogP contribution in [0.5, 0.6) is 5.75 Å². The highest BCUT2D eigenvalue weighted by Gasteiger charge is 2.27. The number of amides is 2.